The van der Waals surface area contributed by atoms with E-state index < -0.39 is 0 Å². The molecule has 0 atom stereocenters. The van der Waals surface area contributed by atoms with Crippen LogP contribution in [-0.2, 0) is 0 Å². The van der Waals surface area contributed by atoms with Crippen LogP contribution < -0.4 is 14.8 Å². The average Bonchev–Trinajstić information content (AvgIpc) is 3.15. The highest BCUT2D eigenvalue weighted by Crippen LogP contribution is 2.32. The van der Waals surface area contributed by atoms with Crippen molar-refractivity contribution in [2.24, 2.45) is 0 Å². The third-order valence-electron chi connectivity index (χ3n) is 4.26. The average molecular weight is 352 g/mol. The Hall–Kier alpha value is -3.28. The summed E-state index contributed by atoms with van der Waals surface area (Å²) in [4.78, 5) is 12.5. The van der Waals surface area contributed by atoms with Crippen LogP contribution in [0.5, 0.6) is 11.5 Å². The molecular formula is C20H20N2O4. The van der Waals surface area contributed by atoms with Crippen LogP contribution in [0.1, 0.15) is 21.6 Å². The van der Waals surface area contributed by atoms with E-state index in [1.807, 2.05) is 38.1 Å². The molecule has 0 aliphatic heterocycles. The van der Waals surface area contributed by atoms with Gasteiger partial charge in [0.1, 0.15) is 0 Å². The molecule has 0 spiro atoms. The van der Waals surface area contributed by atoms with Crippen molar-refractivity contribution in [3.05, 3.63) is 59.3 Å². The van der Waals surface area contributed by atoms with Gasteiger partial charge in [-0.3, -0.25) is 4.79 Å². The minimum Gasteiger partial charge on any atom is -0.493 e. The molecule has 0 aliphatic rings. The van der Waals surface area contributed by atoms with Gasteiger partial charge >= 0.3 is 0 Å². The Morgan fingerprint density at radius 3 is 2.54 bits per heavy atom. The van der Waals surface area contributed by atoms with Crippen molar-refractivity contribution in [3.63, 3.8) is 0 Å². The number of aromatic nitrogens is 1. The molecule has 2 aromatic carbocycles. The van der Waals surface area contributed by atoms with Gasteiger partial charge in [0.15, 0.2) is 23.0 Å². The van der Waals surface area contributed by atoms with E-state index in [9.17, 15) is 4.79 Å². The number of carbonyl (C=O) groups excluding carboxylic acids is 1. The summed E-state index contributed by atoms with van der Waals surface area (Å²) in [5.41, 5.74) is 3.82. The number of methoxy groups -OCH3 is 2. The first-order valence-electron chi connectivity index (χ1n) is 8.10. The molecule has 3 rings (SSSR count). The van der Waals surface area contributed by atoms with Gasteiger partial charge in [0.25, 0.3) is 5.91 Å². The SMILES string of the molecule is COc1ccc(-c2cc(C(=O)Nc3cccc(C)c3C)no2)cc1OC. The van der Waals surface area contributed by atoms with Gasteiger partial charge in [-0.2, -0.15) is 0 Å². The first-order chi connectivity index (χ1) is 12.5. The van der Waals surface area contributed by atoms with Crippen molar-refractivity contribution in [1.82, 2.24) is 5.16 Å². The largest absolute Gasteiger partial charge is 0.493 e. The predicted molar refractivity (Wildman–Crippen MR) is 98.9 cm³/mol. The van der Waals surface area contributed by atoms with Gasteiger partial charge in [-0.1, -0.05) is 17.3 Å². The Bertz CT molecular complexity index is 947. The highest BCUT2D eigenvalue weighted by atomic mass is 16.5. The Morgan fingerprint density at radius 1 is 1.04 bits per heavy atom. The van der Waals surface area contributed by atoms with Crippen LogP contribution in [0.3, 0.4) is 0 Å². The second-order valence-electron chi connectivity index (χ2n) is 5.85. The minimum atomic E-state index is -0.325. The lowest BCUT2D eigenvalue weighted by Crippen LogP contribution is -2.13. The van der Waals surface area contributed by atoms with Crippen LogP contribution in [0.25, 0.3) is 11.3 Å². The molecule has 0 aliphatic carbocycles. The molecule has 0 unspecified atom stereocenters. The molecule has 0 saturated carbocycles. The lowest BCUT2D eigenvalue weighted by atomic mass is 10.1. The van der Waals surface area contributed by atoms with Gasteiger partial charge in [-0.05, 0) is 49.2 Å². The van der Waals surface area contributed by atoms with E-state index >= 15 is 0 Å². The summed E-state index contributed by atoms with van der Waals surface area (Å²) < 4.78 is 15.8. The van der Waals surface area contributed by atoms with Gasteiger partial charge < -0.3 is 19.3 Å². The molecule has 26 heavy (non-hydrogen) atoms. The van der Waals surface area contributed by atoms with Crippen LogP contribution in [0.2, 0.25) is 0 Å². The molecule has 1 aromatic heterocycles. The van der Waals surface area contributed by atoms with Gasteiger partial charge in [0, 0.05) is 17.3 Å². The van der Waals surface area contributed by atoms with Crippen LogP contribution >= 0.6 is 0 Å². The Balaban J connectivity index is 1.83. The van der Waals surface area contributed by atoms with E-state index in [-0.39, 0.29) is 11.6 Å². The van der Waals surface area contributed by atoms with Crippen molar-refractivity contribution in [2.75, 3.05) is 19.5 Å². The number of nitrogens with zero attached hydrogens (tertiary/aromatic N) is 1. The molecule has 3 aromatic rings. The molecule has 134 valence electrons. The summed E-state index contributed by atoms with van der Waals surface area (Å²) in [5, 5.41) is 6.75. The van der Waals surface area contributed by atoms with E-state index in [1.165, 1.54) is 0 Å². The predicted octanol–water partition coefficient (Wildman–Crippen LogP) is 4.23. The molecule has 6 nitrogen and oxygen atoms in total. The molecule has 0 radical (unpaired) electrons. The lowest BCUT2D eigenvalue weighted by molar-refractivity contribution is 0.101. The lowest BCUT2D eigenvalue weighted by Gasteiger charge is -2.08. The molecule has 1 heterocycles. The summed E-state index contributed by atoms with van der Waals surface area (Å²) >= 11 is 0. The Kier molecular flexibility index (Phi) is 4.93. The fraction of sp³-hybridized carbons (Fsp3) is 0.200. The Morgan fingerprint density at radius 2 is 1.81 bits per heavy atom. The van der Waals surface area contributed by atoms with E-state index in [2.05, 4.69) is 10.5 Å². The smallest absolute Gasteiger partial charge is 0.277 e. The van der Waals surface area contributed by atoms with E-state index in [0.717, 1.165) is 22.4 Å². The molecule has 1 N–H and O–H groups in total. The van der Waals surface area contributed by atoms with Crippen molar-refractivity contribution in [1.29, 1.82) is 0 Å². The zero-order valence-corrected chi connectivity index (χ0v) is 15.1. The summed E-state index contributed by atoms with van der Waals surface area (Å²) in [6.07, 6.45) is 0. The minimum absolute atomic E-state index is 0.204. The van der Waals surface area contributed by atoms with Crippen molar-refractivity contribution in [2.45, 2.75) is 13.8 Å². The standard InChI is InChI=1S/C20H20N2O4/c1-12-6-5-7-15(13(12)2)21-20(23)16-11-18(26-22-16)14-8-9-17(24-3)19(10-14)25-4/h5-11H,1-4H3,(H,21,23). The molecule has 0 saturated heterocycles. The first kappa shape index (κ1) is 17.5. The normalized spacial score (nSPS) is 10.5. The number of benzene rings is 2. The molecule has 6 heteroatoms. The quantitative estimate of drug-likeness (QED) is 0.744. The number of rotatable bonds is 5. The van der Waals surface area contributed by atoms with Crippen molar-refractivity contribution in [3.8, 4) is 22.8 Å². The highest BCUT2D eigenvalue weighted by molar-refractivity contribution is 6.03. The number of aryl methyl sites for hydroxylation is 1. The zero-order chi connectivity index (χ0) is 18.7. The number of amides is 1. The summed E-state index contributed by atoms with van der Waals surface area (Å²) in [5.74, 6) is 1.33. The zero-order valence-electron chi connectivity index (χ0n) is 15.1. The molecular weight excluding hydrogens is 332 g/mol. The van der Waals surface area contributed by atoms with Crippen LogP contribution in [0.4, 0.5) is 5.69 Å². The number of anilines is 1. The monoisotopic (exact) mass is 352 g/mol. The van der Waals surface area contributed by atoms with Gasteiger partial charge in [-0.25, -0.2) is 0 Å². The van der Waals surface area contributed by atoms with Gasteiger partial charge in [0.2, 0.25) is 0 Å². The third kappa shape index (κ3) is 3.39. The number of hydrogen-bond acceptors (Lipinski definition) is 5. The number of nitrogens with one attached hydrogen (secondary N) is 1. The summed E-state index contributed by atoms with van der Waals surface area (Å²) in [7, 11) is 3.13. The maximum Gasteiger partial charge on any atom is 0.277 e. The highest BCUT2D eigenvalue weighted by Gasteiger charge is 2.16. The summed E-state index contributed by atoms with van der Waals surface area (Å²) in [6, 6.07) is 12.7. The van der Waals surface area contributed by atoms with Gasteiger partial charge in [0.05, 0.1) is 14.2 Å². The fourth-order valence-electron chi connectivity index (χ4n) is 2.58. The topological polar surface area (TPSA) is 73.6 Å². The second-order valence-corrected chi connectivity index (χ2v) is 5.85. The van der Waals surface area contributed by atoms with E-state index in [4.69, 9.17) is 14.0 Å². The molecule has 0 fully saturated rings. The summed E-state index contributed by atoms with van der Waals surface area (Å²) in [6.45, 7) is 3.96. The second kappa shape index (κ2) is 7.31. The first-order valence-corrected chi connectivity index (χ1v) is 8.10. The molecule has 1 amide bonds. The maximum absolute atomic E-state index is 12.5. The fourth-order valence-corrected chi connectivity index (χ4v) is 2.58. The van der Waals surface area contributed by atoms with E-state index in [1.54, 1.807) is 32.4 Å². The van der Waals surface area contributed by atoms with Crippen LogP contribution in [-0.4, -0.2) is 25.3 Å². The number of ether oxygens (including phenoxy) is 2. The van der Waals surface area contributed by atoms with E-state index in [0.29, 0.717) is 17.3 Å². The third-order valence-corrected chi connectivity index (χ3v) is 4.26. The van der Waals surface area contributed by atoms with Crippen LogP contribution in [0.15, 0.2) is 47.0 Å². The maximum atomic E-state index is 12.5. The van der Waals surface area contributed by atoms with Gasteiger partial charge in [-0.15, -0.1) is 0 Å². The number of hydrogen-bond donors (Lipinski definition) is 1. The molecule has 0 bridgehead atoms. The number of carbonyl (C=O) groups is 1. The Labute approximate surface area is 151 Å². The van der Waals surface area contributed by atoms with Crippen LogP contribution in [0, 0.1) is 13.8 Å². The van der Waals surface area contributed by atoms with Crippen molar-refractivity contribution >= 4 is 11.6 Å². The van der Waals surface area contributed by atoms with Crippen molar-refractivity contribution < 1.29 is 18.8 Å².